The van der Waals surface area contributed by atoms with Crippen LogP contribution in [0.5, 0.6) is 0 Å². The van der Waals surface area contributed by atoms with Gasteiger partial charge in [0.1, 0.15) is 0 Å². The summed E-state index contributed by atoms with van der Waals surface area (Å²) in [6, 6.07) is 2.03. The molecule has 0 radical (unpaired) electrons. The Morgan fingerprint density at radius 3 is 2.87 bits per heavy atom. The average Bonchev–Trinajstić information content (AvgIpc) is 2.65. The maximum absolute atomic E-state index is 6.12. The van der Waals surface area contributed by atoms with Gasteiger partial charge in [-0.15, -0.1) is 11.6 Å². The predicted molar refractivity (Wildman–Crippen MR) is 66.3 cm³/mol. The fourth-order valence-electron chi connectivity index (χ4n) is 2.14. The lowest BCUT2D eigenvalue weighted by Crippen LogP contribution is -2.26. The van der Waals surface area contributed by atoms with E-state index in [0.29, 0.717) is 0 Å². The minimum Gasteiger partial charge on any atom is -0.457 e. The first-order valence-corrected chi connectivity index (χ1v) is 6.51. The lowest BCUT2D eigenvalue weighted by Gasteiger charge is -2.32. The first-order chi connectivity index (χ1) is 7.24. The third-order valence-corrected chi connectivity index (χ3v) is 4.03. The molecule has 0 aromatic carbocycles. The highest BCUT2D eigenvalue weighted by Crippen LogP contribution is 2.38. The van der Waals surface area contributed by atoms with Crippen molar-refractivity contribution in [2.24, 2.45) is 5.41 Å². The molecule has 1 aromatic heterocycles. The third kappa shape index (κ3) is 2.67. The summed E-state index contributed by atoms with van der Waals surface area (Å²) in [4.78, 5) is 0. The molecule has 1 heterocycles. The number of allylic oxidation sites excluding steroid dienone is 2. The molecular weight excluding hydrogens is 275 g/mol. The van der Waals surface area contributed by atoms with Crippen molar-refractivity contribution in [1.29, 1.82) is 0 Å². The van der Waals surface area contributed by atoms with Crippen molar-refractivity contribution in [2.45, 2.75) is 25.7 Å². The van der Waals surface area contributed by atoms with Crippen LogP contribution in [0.3, 0.4) is 0 Å². The van der Waals surface area contributed by atoms with Gasteiger partial charge in [-0.3, -0.25) is 0 Å². The molecule has 0 fully saturated rings. The van der Waals surface area contributed by atoms with Crippen molar-refractivity contribution < 1.29 is 4.42 Å². The molecule has 1 nitrogen and oxygen atoms in total. The fourth-order valence-corrected chi connectivity index (χ4v) is 2.87. The minimum absolute atomic E-state index is 0.236. The summed E-state index contributed by atoms with van der Waals surface area (Å²) in [6.45, 7) is 0. The van der Waals surface area contributed by atoms with Crippen LogP contribution in [-0.4, -0.2) is 5.88 Å². The molecule has 3 heteroatoms. The summed E-state index contributed by atoms with van der Waals surface area (Å²) in [5, 5.41) is 0. The second-order valence-electron chi connectivity index (χ2n) is 4.28. The van der Waals surface area contributed by atoms with Crippen molar-refractivity contribution in [3.8, 4) is 0 Å². The molecule has 1 atom stereocenters. The molecule has 0 amide bonds. The second-order valence-corrected chi connectivity index (χ2v) is 5.33. The molecule has 0 N–H and O–H groups in total. The average molecular weight is 290 g/mol. The third-order valence-electron chi connectivity index (χ3n) is 3.04. The molecule has 1 aliphatic rings. The van der Waals surface area contributed by atoms with Gasteiger partial charge in [0, 0.05) is 5.88 Å². The highest BCUT2D eigenvalue weighted by atomic mass is 79.9. The van der Waals surface area contributed by atoms with Gasteiger partial charge in [0.05, 0.1) is 6.26 Å². The van der Waals surface area contributed by atoms with Crippen molar-refractivity contribution in [2.75, 3.05) is 5.88 Å². The van der Waals surface area contributed by atoms with E-state index in [9.17, 15) is 0 Å². The molecule has 2 rings (SSSR count). The van der Waals surface area contributed by atoms with Crippen molar-refractivity contribution in [1.82, 2.24) is 0 Å². The SMILES string of the molecule is ClCC1(Cc2coc(Br)c2)CC=CCC1. The van der Waals surface area contributed by atoms with Crippen LogP contribution in [0.15, 0.2) is 33.6 Å². The highest BCUT2D eigenvalue weighted by Gasteiger charge is 2.29. The Labute approximate surface area is 104 Å². The Bertz CT molecular complexity index is 358. The van der Waals surface area contributed by atoms with E-state index in [1.165, 1.54) is 12.0 Å². The maximum atomic E-state index is 6.12. The van der Waals surface area contributed by atoms with Crippen molar-refractivity contribution in [3.05, 3.63) is 34.7 Å². The number of hydrogen-bond donors (Lipinski definition) is 0. The van der Waals surface area contributed by atoms with Crippen LogP contribution in [0, 0.1) is 5.41 Å². The molecule has 0 saturated carbocycles. The summed E-state index contributed by atoms with van der Waals surface area (Å²) in [7, 11) is 0. The van der Waals surface area contributed by atoms with Crippen molar-refractivity contribution >= 4 is 27.5 Å². The van der Waals surface area contributed by atoms with E-state index in [1.807, 2.05) is 12.3 Å². The molecular formula is C12H14BrClO. The molecule has 1 unspecified atom stereocenters. The van der Waals surface area contributed by atoms with Crippen LogP contribution in [-0.2, 0) is 6.42 Å². The molecule has 1 aromatic rings. The molecule has 1 aliphatic carbocycles. The van der Waals surface area contributed by atoms with Gasteiger partial charge >= 0.3 is 0 Å². The Morgan fingerprint density at radius 2 is 2.33 bits per heavy atom. The van der Waals surface area contributed by atoms with Gasteiger partial charge in [0.2, 0.25) is 0 Å². The Balaban J connectivity index is 2.10. The van der Waals surface area contributed by atoms with Gasteiger partial charge in [-0.25, -0.2) is 0 Å². The highest BCUT2D eigenvalue weighted by molar-refractivity contribution is 9.10. The second kappa shape index (κ2) is 4.75. The van der Waals surface area contributed by atoms with Crippen LogP contribution < -0.4 is 0 Å². The zero-order chi connectivity index (χ0) is 10.7. The van der Waals surface area contributed by atoms with Gasteiger partial charge < -0.3 is 4.42 Å². The zero-order valence-corrected chi connectivity index (χ0v) is 10.9. The number of furan rings is 1. The van der Waals surface area contributed by atoms with Crippen LogP contribution in [0.2, 0.25) is 0 Å². The topological polar surface area (TPSA) is 13.1 Å². The quantitative estimate of drug-likeness (QED) is 0.588. The van der Waals surface area contributed by atoms with E-state index in [-0.39, 0.29) is 5.41 Å². The summed E-state index contributed by atoms with van der Waals surface area (Å²) in [5.41, 5.74) is 1.47. The summed E-state index contributed by atoms with van der Waals surface area (Å²) >= 11 is 9.44. The minimum atomic E-state index is 0.236. The van der Waals surface area contributed by atoms with Crippen LogP contribution in [0.1, 0.15) is 24.8 Å². The van der Waals surface area contributed by atoms with Gasteiger partial charge in [0.15, 0.2) is 4.67 Å². The van der Waals surface area contributed by atoms with Crippen LogP contribution in [0.25, 0.3) is 0 Å². The van der Waals surface area contributed by atoms with E-state index in [4.69, 9.17) is 16.0 Å². The monoisotopic (exact) mass is 288 g/mol. The first kappa shape index (κ1) is 11.3. The Hall–Kier alpha value is -0.210. The number of rotatable bonds is 3. The molecule has 0 spiro atoms. The van der Waals surface area contributed by atoms with Crippen LogP contribution >= 0.6 is 27.5 Å². The standard InChI is InChI=1S/C12H14BrClO/c13-11-6-10(8-15-11)7-12(9-14)4-2-1-3-5-12/h1-2,6,8H,3-5,7,9H2. The molecule has 0 bridgehead atoms. The zero-order valence-electron chi connectivity index (χ0n) is 8.51. The number of halogens is 2. The Morgan fingerprint density at radius 1 is 1.47 bits per heavy atom. The van der Waals surface area contributed by atoms with E-state index in [1.54, 1.807) is 0 Å². The maximum Gasteiger partial charge on any atom is 0.169 e. The number of hydrogen-bond acceptors (Lipinski definition) is 1. The van der Waals surface area contributed by atoms with E-state index in [0.717, 1.165) is 29.8 Å². The number of alkyl halides is 1. The van der Waals surface area contributed by atoms with E-state index >= 15 is 0 Å². The van der Waals surface area contributed by atoms with E-state index < -0.39 is 0 Å². The molecule has 0 aliphatic heterocycles. The van der Waals surface area contributed by atoms with Crippen molar-refractivity contribution in [3.63, 3.8) is 0 Å². The lowest BCUT2D eigenvalue weighted by atomic mass is 9.75. The largest absolute Gasteiger partial charge is 0.457 e. The fraction of sp³-hybridized carbons (Fsp3) is 0.500. The van der Waals surface area contributed by atoms with Gasteiger partial charge in [-0.1, -0.05) is 12.2 Å². The summed E-state index contributed by atoms with van der Waals surface area (Å²) < 4.78 is 6.05. The molecule has 0 saturated heterocycles. The van der Waals surface area contributed by atoms with Gasteiger partial charge in [-0.2, -0.15) is 0 Å². The normalized spacial score (nSPS) is 25.7. The summed E-state index contributed by atoms with van der Waals surface area (Å²) in [5.74, 6) is 0.722. The molecule has 82 valence electrons. The van der Waals surface area contributed by atoms with Gasteiger partial charge in [0.25, 0.3) is 0 Å². The summed E-state index contributed by atoms with van der Waals surface area (Å²) in [6.07, 6.45) is 10.7. The smallest absolute Gasteiger partial charge is 0.169 e. The van der Waals surface area contributed by atoms with Gasteiger partial charge in [-0.05, 0) is 58.7 Å². The lowest BCUT2D eigenvalue weighted by molar-refractivity contribution is 0.295. The van der Waals surface area contributed by atoms with E-state index in [2.05, 4.69) is 28.1 Å². The first-order valence-electron chi connectivity index (χ1n) is 5.18. The van der Waals surface area contributed by atoms with Crippen LogP contribution in [0.4, 0.5) is 0 Å². The predicted octanol–water partition coefficient (Wildman–Crippen LogP) is 4.55. The Kier molecular flexibility index (Phi) is 3.57. The molecule has 15 heavy (non-hydrogen) atoms.